The van der Waals surface area contributed by atoms with E-state index in [1.807, 2.05) is 6.92 Å². The van der Waals surface area contributed by atoms with Gasteiger partial charge in [0.1, 0.15) is 5.82 Å². The van der Waals surface area contributed by atoms with E-state index in [1.54, 1.807) is 22.7 Å². The summed E-state index contributed by atoms with van der Waals surface area (Å²) in [6.45, 7) is 1.89. The van der Waals surface area contributed by atoms with Crippen LogP contribution in [0.25, 0.3) is 0 Å². The molecule has 1 aromatic carbocycles. The fourth-order valence-electron chi connectivity index (χ4n) is 1.80. The van der Waals surface area contributed by atoms with E-state index in [2.05, 4.69) is 0 Å². The van der Waals surface area contributed by atoms with Gasteiger partial charge in [-0.15, -0.1) is 11.8 Å². The molecule has 0 bridgehead atoms. The number of benzene rings is 1. The van der Waals surface area contributed by atoms with Crippen LogP contribution in [0.4, 0.5) is 10.1 Å². The monoisotopic (exact) mass is 240 g/mol. The molecule has 0 fully saturated rings. The maximum absolute atomic E-state index is 13.2. The number of halogens is 1. The van der Waals surface area contributed by atoms with Gasteiger partial charge in [0, 0.05) is 16.7 Å². The fourth-order valence-corrected chi connectivity index (χ4v) is 2.84. The Kier molecular flexibility index (Phi) is 3.16. The summed E-state index contributed by atoms with van der Waals surface area (Å²) in [5.74, 6) is 0.313. The van der Waals surface area contributed by atoms with Gasteiger partial charge in [0.2, 0.25) is 5.91 Å². The van der Waals surface area contributed by atoms with Crippen molar-refractivity contribution in [3.63, 3.8) is 0 Å². The molecule has 1 heterocycles. The lowest BCUT2D eigenvalue weighted by molar-refractivity contribution is -0.117. The highest BCUT2D eigenvalue weighted by Gasteiger charge is 2.28. The van der Waals surface area contributed by atoms with Crippen LogP contribution in [-0.2, 0) is 4.79 Å². The summed E-state index contributed by atoms with van der Waals surface area (Å²) in [5.41, 5.74) is 6.01. The molecular formula is C11H13FN2OS. The van der Waals surface area contributed by atoms with Crippen LogP contribution in [0.2, 0.25) is 0 Å². The molecule has 1 unspecified atom stereocenters. The quantitative estimate of drug-likeness (QED) is 0.811. The number of carbonyl (C=O) groups is 1. The lowest BCUT2D eigenvalue weighted by Gasteiger charge is -2.34. The molecule has 0 aromatic heterocycles. The standard InChI is InChI=1S/C11H13FN2OS/c1-7-6-16-10-3-2-8(12)4-9(10)14(7)11(15)5-13/h2-4,7H,5-6,13H2,1H3. The van der Waals surface area contributed by atoms with Crippen LogP contribution >= 0.6 is 11.8 Å². The molecule has 0 spiro atoms. The maximum Gasteiger partial charge on any atom is 0.241 e. The first-order valence-corrected chi connectivity index (χ1v) is 6.06. The van der Waals surface area contributed by atoms with E-state index in [-0.39, 0.29) is 24.3 Å². The number of nitrogens with zero attached hydrogens (tertiary/aromatic N) is 1. The number of carbonyl (C=O) groups excluding carboxylic acids is 1. The van der Waals surface area contributed by atoms with Gasteiger partial charge in [0.05, 0.1) is 12.2 Å². The Morgan fingerprint density at radius 1 is 1.69 bits per heavy atom. The van der Waals surface area contributed by atoms with Crippen molar-refractivity contribution >= 4 is 23.4 Å². The summed E-state index contributed by atoms with van der Waals surface area (Å²) in [7, 11) is 0. The highest BCUT2D eigenvalue weighted by atomic mass is 32.2. The van der Waals surface area contributed by atoms with Crippen LogP contribution in [0.5, 0.6) is 0 Å². The number of amides is 1. The Morgan fingerprint density at radius 3 is 3.12 bits per heavy atom. The van der Waals surface area contributed by atoms with Crippen molar-refractivity contribution in [1.82, 2.24) is 0 Å². The molecule has 1 aliphatic heterocycles. The van der Waals surface area contributed by atoms with Crippen molar-refractivity contribution in [3.05, 3.63) is 24.0 Å². The first kappa shape index (κ1) is 11.4. The Morgan fingerprint density at radius 2 is 2.44 bits per heavy atom. The molecule has 2 rings (SSSR count). The van der Waals surface area contributed by atoms with E-state index < -0.39 is 0 Å². The molecule has 3 nitrogen and oxygen atoms in total. The van der Waals surface area contributed by atoms with Gasteiger partial charge >= 0.3 is 0 Å². The minimum Gasteiger partial charge on any atom is -0.322 e. The number of anilines is 1. The van der Waals surface area contributed by atoms with Crippen molar-refractivity contribution in [3.8, 4) is 0 Å². The highest BCUT2D eigenvalue weighted by molar-refractivity contribution is 7.99. The molecule has 86 valence electrons. The van der Waals surface area contributed by atoms with Gasteiger partial charge in [-0.2, -0.15) is 0 Å². The van der Waals surface area contributed by atoms with Gasteiger partial charge in [-0.1, -0.05) is 0 Å². The van der Waals surface area contributed by atoms with E-state index in [9.17, 15) is 9.18 Å². The highest BCUT2D eigenvalue weighted by Crippen LogP contribution is 2.37. The van der Waals surface area contributed by atoms with E-state index in [0.717, 1.165) is 10.6 Å². The molecule has 1 aromatic rings. The summed E-state index contributed by atoms with van der Waals surface area (Å²) in [6.07, 6.45) is 0. The second-order valence-corrected chi connectivity index (χ2v) is 4.80. The van der Waals surface area contributed by atoms with Gasteiger partial charge in [-0.25, -0.2) is 4.39 Å². The molecule has 0 aliphatic carbocycles. The van der Waals surface area contributed by atoms with Crippen molar-refractivity contribution < 1.29 is 9.18 Å². The Bertz CT molecular complexity index is 424. The number of thioether (sulfide) groups is 1. The van der Waals surface area contributed by atoms with Crippen LogP contribution < -0.4 is 10.6 Å². The van der Waals surface area contributed by atoms with Crippen LogP contribution in [0.15, 0.2) is 23.1 Å². The van der Waals surface area contributed by atoms with Gasteiger partial charge < -0.3 is 10.6 Å². The molecule has 1 aliphatic rings. The van der Waals surface area contributed by atoms with Crippen molar-refractivity contribution in [2.24, 2.45) is 5.73 Å². The Labute approximate surface area is 97.8 Å². The predicted molar refractivity (Wildman–Crippen MR) is 63.1 cm³/mol. The molecule has 16 heavy (non-hydrogen) atoms. The number of rotatable bonds is 1. The summed E-state index contributed by atoms with van der Waals surface area (Å²) >= 11 is 1.64. The average molecular weight is 240 g/mol. The lowest BCUT2D eigenvalue weighted by Crippen LogP contribution is -2.45. The Hall–Kier alpha value is -1.07. The van der Waals surface area contributed by atoms with Crippen molar-refractivity contribution in [1.29, 1.82) is 0 Å². The number of nitrogens with two attached hydrogens (primary N) is 1. The van der Waals surface area contributed by atoms with Crippen LogP contribution in [-0.4, -0.2) is 24.2 Å². The van der Waals surface area contributed by atoms with Crippen molar-refractivity contribution in [2.45, 2.75) is 17.9 Å². The second kappa shape index (κ2) is 4.43. The zero-order valence-electron chi connectivity index (χ0n) is 8.94. The fraction of sp³-hybridized carbons (Fsp3) is 0.364. The van der Waals surface area contributed by atoms with E-state index in [4.69, 9.17) is 5.73 Å². The van der Waals surface area contributed by atoms with E-state index in [1.165, 1.54) is 12.1 Å². The molecule has 0 saturated carbocycles. The van der Waals surface area contributed by atoms with Gasteiger partial charge in [-0.05, 0) is 25.1 Å². The molecule has 1 amide bonds. The summed E-state index contributed by atoms with van der Waals surface area (Å²) in [6, 6.07) is 4.56. The second-order valence-electron chi connectivity index (χ2n) is 3.74. The number of hydrogen-bond donors (Lipinski definition) is 1. The van der Waals surface area contributed by atoms with Gasteiger partial charge in [-0.3, -0.25) is 4.79 Å². The van der Waals surface area contributed by atoms with E-state index >= 15 is 0 Å². The first-order valence-electron chi connectivity index (χ1n) is 5.08. The summed E-state index contributed by atoms with van der Waals surface area (Å²) < 4.78 is 13.2. The zero-order chi connectivity index (χ0) is 11.7. The van der Waals surface area contributed by atoms with E-state index in [0.29, 0.717) is 5.69 Å². The van der Waals surface area contributed by atoms with Crippen LogP contribution in [0.3, 0.4) is 0 Å². The third-order valence-electron chi connectivity index (χ3n) is 2.54. The largest absolute Gasteiger partial charge is 0.322 e. The average Bonchev–Trinajstić information content (AvgIpc) is 2.28. The lowest BCUT2D eigenvalue weighted by atomic mass is 10.2. The summed E-state index contributed by atoms with van der Waals surface area (Å²) in [4.78, 5) is 14.2. The number of fused-ring (bicyclic) bond motifs is 1. The summed E-state index contributed by atoms with van der Waals surface area (Å²) in [5, 5.41) is 0. The third-order valence-corrected chi connectivity index (χ3v) is 3.85. The SMILES string of the molecule is CC1CSc2ccc(F)cc2N1C(=O)CN. The van der Waals surface area contributed by atoms with Gasteiger partial charge in [0.15, 0.2) is 0 Å². The normalized spacial score (nSPS) is 19.4. The molecule has 1 atom stereocenters. The minimum atomic E-state index is -0.330. The third kappa shape index (κ3) is 1.92. The molecule has 5 heteroatoms. The molecule has 0 saturated heterocycles. The minimum absolute atomic E-state index is 0.0506. The predicted octanol–water partition coefficient (Wildman–Crippen LogP) is 1.61. The smallest absolute Gasteiger partial charge is 0.241 e. The topological polar surface area (TPSA) is 46.3 Å². The van der Waals surface area contributed by atoms with Gasteiger partial charge in [0.25, 0.3) is 0 Å². The van der Waals surface area contributed by atoms with Crippen LogP contribution in [0, 0.1) is 5.82 Å². The van der Waals surface area contributed by atoms with Crippen LogP contribution in [0.1, 0.15) is 6.92 Å². The molecular weight excluding hydrogens is 227 g/mol. The molecule has 2 N–H and O–H groups in total. The zero-order valence-corrected chi connectivity index (χ0v) is 9.76. The Balaban J connectivity index is 2.46. The van der Waals surface area contributed by atoms with Crippen molar-refractivity contribution in [2.75, 3.05) is 17.2 Å². The number of hydrogen-bond acceptors (Lipinski definition) is 3. The maximum atomic E-state index is 13.2. The molecule has 0 radical (unpaired) electrons. The first-order chi connectivity index (χ1) is 7.63.